The predicted molar refractivity (Wildman–Crippen MR) is 96.0 cm³/mol. The molecule has 3 aromatic heterocycles. The van der Waals surface area contributed by atoms with Gasteiger partial charge < -0.3 is 4.74 Å². The molecular weight excluding hydrogens is 358 g/mol. The van der Waals surface area contributed by atoms with Crippen molar-refractivity contribution in [2.45, 2.75) is 20.8 Å². The first-order valence-corrected chi connectivity index (χ1v) is 7.60. The molecule has 0 aliphatic heterocycles. The second-order valence-corrected chi connectivity index (χ2v) is 6.66. The third-order valence-corrected chi connectivity index (χ3v) is 3.23. The van der Waals surface area contributed by atoms with Gasteiger partial charge in [0, 0.05) is 0 Å². The molecule has 1 N–H and O–H groups in total. The second kappa shape index (κ2) is 7.41. The van der Waals surface area contributed by atoms with Crippen LogP contribution in [0.25, 0.3) is 11.5 Å². The van der Waals surface area contributed by atoms with Crippen molar-refractivity contribution in [2.75, 3.05) is 6.61 Å². The molecule has 0 amide bonds. The van der Waals surface area contributed by atoms with E-state index in [-0.39, 0.29) is 34.8 Å². The van der Waals surface area contributed by atoms with Crippen LogP contribution < -0.4 is 10.3 Å². The number of halogens is 1. The van der Waals surface area contributed by atoms with Gasteiger partial charge in [-0.1, -0.05) is 26.0 Å². The van der Waals surface area contributed by atoms with E-state index in [4.69, 9.17) is 10.00 Å². The van der Waals surface area contributed by atoms with Crippen LogP contribution in [-0.2, 0) is 0 Å². The Balaban J connectivity index is 0.00000243. The Morgan fingerprint density at radius 3 is 2.69 bits per heavy atom. The molecule has 0 spiro atoms. The smallest absolute Gasteiger partial charge is 0.298 e. The highest BCUT2D eigenvalue weighted by Crippen LogP contribution is 2.17. The van der Waals surface area contributed by atoms with E-state index in [0.717, 1.165) is 0 Å². The number of pyridine rings is 1. The standard InChI is InChI=1S/C16H17N7O2.ClH/c1-16(2,3)10-25-12-4-5-14(18-7-12)23-15(24)13(8-19-23)22-9-11(6-17)20-21-22;/h4-5,7-9,19H,10H2,1-3H3;1H. The minimum Gasteiger partial charge on any atom is -0.491 e. The summed E-state index contributed by atoms with van der Waals surface area (Å²) in [7, 11) is 0. The van der Waals surface area contributed by atoms with E-state index in [9.17, 15) is 4.79 Å². The molecule has 0 saturated heterocycles. The molecule has 0 aliphatic rings. The number of aromatic amines is 1. The zero-order valence-electron chi connectivity index (χ0n) is 14.5. The molecule has 0 aromatic carbocycles. The Kier molecular flexibility index (Phi) is 5.47. The van der Waals surface area contributed by atoms with Crippen molar-refractivity contribution < 1.29 is 4.74 Å². The summed E-state index contributed by atoms with van der Waals surface area (Å²) in [6, 6.07) is 5.30. The van der Waals surface area contributed by atoms with Gasteiger partial charge in [-0.3, -0.25) is 9.89 Å². The summed E-state index contributed by atoms with van der Waals surface area (Å²) in [5, 5.41) is 19.0. The van der Waals surface area contributed by atoms with Gasteiger partial charge in [0.05, 0.1) is 25.2 Å². The number of rotatable bonds is 4. The Morgan fingerprint density at radius 1 is 1.35 bits per heavy atom. The number of nitrogens with one attached hydrogen (secondary N) is 1. The predicted octanol–water partition coefficient (Wildman–Crippen LogP) is 1.86. The van der Waals surface area contributed by atoms with E-state index in [1.807, 2.05) is 6.07 Å². The Bertz CT molecular complexity index is 974. The van der Waals surface area contributed by atoms with Gasteiger partial charge in [-0.05, 0) is 17.5 Å². The first kappa shape index (κ1) is 19.2. The largest absolute Gasteiger partial charge is 0.491 e. The summed E-state index contributed by atoms with van der Waals surface area (Å²) in [5.74, 6) is 1.05. The maximum Gasteiger partial charge on any atom is 0.298 e. The number of aromatic nitrogens is 6. The van der Waals surface area contributed by atoms with Gasteiger partial charge >= 0.3 is 0 Å². The normalized spacial score (nSPS) is 10.8. The maximum atomic E-state index is 12.5. The van der Waals surface area contributed by atoms with Crippen LogP contribution in [0.15, 0.2) is 35.5 Å². The third kappa shape index (κ3) is 4.10. The molecule has 0 fully saturated rings. The SMILES string of the molecule is CC(C)(C)COc1ccc(-n2[nH]cc(-n3cc(C#N)nn3)c2=O)nc1.Cl. The fraction of sp³-hybridized carbons (Fsp3) is 0.312. The van der Waals surface area contributed by atoms with Gasteiger partial charge in [-0.25, -0.2) is 9.67 Å². The lowest BCUT2D eigenvalue weighted by Gasteiger charge is -2.18. The highest BCUT2D eigenvalue weighted by atomic mass is 35.5. The van der Waals surface area contributed by atoms with Crippen LogP contribution in [0, 0.1) is 16.7 Å². The highest BCUT2D eigenvalue weighted by molar-refractivity contribution is 5.85. The quantitative estimate of drug-likeness (QED) is 0.744. The summed E-state index contributed by atoms with van der Waals surface area (Å²) >= 11 is 0. The lowest BCUT2D eigenvalue weighted by atomic mass is 9.99. The van der Waals surface area contributed by atoms with E-state index in [0.29, 0.717) is 18.2 Å². The van der Waals surface area contributed by atoms with Crippen LogP contribution in [-0.4, -0.2) is 36.4 Å². The summed E-state index contributed by atoms with van der Waals surface area (Å²) in [6.45, 7) is 6.80. The zero-order chi connectivity index (χ0) is 18.0. The molecule has 0 saturated carbocycles. The van der Waals surface area contributed by atoms with Crippen LogP contribution in [0.3, 0.4) is 0 Å². The molecule has 26 heavy (non-hydrogen) atoms. The average Bonchev–Trinajstić information content (AvgIpc) is 3.19. The average molecular weight is 376 g/mol. The fourth-order valence-corrected chi connectivity index (χ4v) is 2.02. The molecule has 136 valence electrons. The number of hydrogen-bond acceptors (Lipinski definition) is 6. The van der Waals surface area contributed by atoms with Crippen LogP contribution >= 0.6 is 12.4 Å². The summed E-state index contributed by atoms with van der Waals surface area (Å²) in [5.41, 5.74) is 0.0593. The molecule has 3 aromatic rings. The lowest BCUT2D eigenvalue weighted by molar-refractivity contribution is 0.197. The minimum atomic E-state index is -0.356. The Hall–Kier alpha value is -3.12. The molecular formula is C16H18ClN7O2. The molecule has 10 heteroatoms. The molecule has 0 atom stereocenters. The van der Waals surface area contributed by atoms with E-state index in [1.54, 1.807) is 18.3 Å². The summed E-state index contributed by atoms with van der Waals surface area (Å²) < 4.78 is 8.19. The first-order chi connectivity index (χ1) is 11.9. The molecule has 3 rings (SSSR count). The molecule has 0 radical (unpaired) electrons. The van der Waals surface area contributed by atoms with Gasteiger partial charge in [0.15, 0.2) is 17.2 Å². The third-order valence-electron chi connectivity index (χ3n) is 3.23. The van der Waals surface area contributed by atoms with Crippen molar-refractivity contribution in [1.82, 2.24) is 29.8 Å². The molecule has 3 heterocycles. The Morgan fingerprint density at radius 2 is 2.12 bits per heavy atom. The molecule has 9 nitrogen and oxygen atoms in total. The number of nitriles is 1. The summed E-state index contributed by atoms with van der Waals surface area (Å²) in [6.07, 6.45) is 4.42. The van der Waals surface area contributed by atoms with E-state index in [2.05, 4.69) is 41.2 Å². The first-order valence-electron chi connectivity index (χ1n) is 7.60. The fourth-order valence-electron chi connectivity index (χ4n) is 2.02. The van der Waals surface area contributed by atoms with Crippen molar-refractivity contribution in [3.63, 3.8) is 0 Å². The van der Waals surface area contributed by atoms with Crippen LogP contribution in [0.1, 0.15) is 26.5 Å². The van der Waals surface area contributed by atoms with Gasteiger partial charge in [0.2, 0.25) is 0 Å². The van der Waals surface area contributed by atoms with Gasteiger partial charge in [0.25, 0.3) is 5.56 Å². The topological polar surface area (TPSA) is 114 Å². The number of hydrogen-bond donors (Lipinski definition) is 1. The van der Waals surface area contributed by atoms with Gasteiger partial charge in [0.1, 0.15) is 11.8 Å². The number of H-pyrrole nitrogens is 1. The van der Waals surface area contributed by atoms with Gasteiger partial charge in [-0.2, -0.15) is 9.94 Å². The van der Waals surface area contributed by atoms with E-state index < -0.39 is 0 Å². The van der Waals surface area contributed by atoms with E-state index >= 15 is 0 Å². The van der Waals surface area contributed by atoms with E-state index in [1.165, 1.54) is 21.8 Å². The van der Waals surface area contributed by atoms with Crippen molar-refractivity contribution >= 4 is 12.4 Å². The van der Waals surface area contributed by atoms with Crippen molar-refractivity contribution in [1.29, 1.82) is 5.26 Å². The minimum absolute atomic E-state index is 0. The zero-order valence-corrected chi connectivity index (χ0v) is 15.3. The highest BCUT2D eigenvalue weighted by Gasteiger charge is 2.14. The molecule has 0 unspecified atom stereocenters. The lowest BCUT2D eigenvalue weighted by Crippen LogP contribution is -2.20. The number of ether oxygens (including phenoxy) is 1. The van der Waals surface area contributed by atoms with Crippen molar-refractivity contribution in [3.8, 4) is 23.3 Å². The molecule has 0 bridgehead atoms. The van der Waals surface area contributed by atoms with Crippen LogP contribution in [0.5, 0.6) is 5.75 Å². The van der Waals surface area contributed by atoms with Crippen LogP contribution in [0.2, 0.25) is 0 Å². The van der Waals surface area contributed by atoms with Crippen molar-refractivity contribution in [3.05, 3.63) is 46.8 Å². The van der Waals surface area contributed by atoms with Gasteiger partial charge in [-0.15, -0.1) is 17.5 Å². The number of nitrogens with zero attached hydrogens (tertiary/aromatic N) is 6. The van der Waals surface area contributed by atoms with Crippen molar-refractivity contribution in [2.24, 2.45) is 5.41 Å². The van der Waals surface area contributed by atoms with Crippen LogP contribution in [0.4, 0.5) is 0 Å². The Labute approximate surface area is 155 Å². The monoisotopic (exact) mass is 375 g/mol. The second-order valence-electron chi connectivity index (χ2n) is 6.66. The summed E-state index contributed by atoms with van der Waals surface area (Å²) in [4.78, 5) is 16.7. The maximum absolute atomic E-state index is 12.5. The molecule has 0 aliphatic carbocycles.